The molecule has 0 saturated heterocycles. The Labute approximate surface area is 128 Å². The van der Waals surface area contributed by atoms with Crippen LogP contribution in [0.1, 0.15) is 12.0 Å². The molecule has 1 aliphatic rings. The maximum absolute atomic E-state index is 10.6. The highest BCUT2D eigenvalue weighted by Crippen LogP contribution is 2.30. The third-order valence-electron chi connectivity index (χ3n) is 3.76. The van der Waals surface area contributed by atoms with E-state index in [9.17, 15) is 10.1 Å². The minimum Gasteiger partial charge on any atom is -0.374 e. The van der Waals surface area contributed by atoms with Gasteiger partial charge in [0, 0.05) is 31.4 Å². The van der Waals surface area contributed by atoms with Crippen LogP contribution in [0.4, 0.5) is 22.7 Å². The number of azo groups is 1. The van der Waals surface area contributed by atoms with Crippen molar-refractivity contribution >= 4 is 22.7 Å². The molecule has 0 spiro atoms. The van der Waals surface area contributed by atoms with E-state index in [0.29, 0.717) is 5.69 Å². The van der Waals surface area contributed by atoms with Gasteiger partial charge >= 0.3 is 0 Å². The average molecular weight is 296 g/mol. The van der Waals surface area contributed by atoms with Gasteiger partial charge in [-0.15, -0.1) is 0 Å². The molecule has 2 aromatic rings. The summed E-state index contributed by atoms with van der Waals surface area (Å²) in [5.41, 5.74) is 3.98. The first-order valence-electron chi connectivity index (χ1n) is 7.14. The summed E-state index contributed by atoms with van der Waals surface area (Å²) < 4.78 is 0. The van der Waals surface area contributed by atoms with Gasteiger partial charge in [0.2, 0.25) is 0 Å². The van der Waals surface area contributed by atoms with Crippen LogP contribution in [-0.2, 0) is 6.42 Å². The van der Waals surface area contributed by atoms with Crippen molar-refractivity contribution in [2.45, 2.75) is 12.8 Å². The summed E-state index contributed by atoms with van der Waals surface area (Å²) in [5, 5.41) is 19.0. The van der Waals surface area contributed by atoms with Gasteiger partial charge in [0.25, 0.3) is 5.69 Å². The minimum atomic E-state index is -0.430. The summed E-state index contributed by atoms with van der Waals surface area (Å²) in [6.07, 6.45) is 2.20. The van der Waals surface area contributed by atoms with Crippen LogP contribution in [0.25, 0.3) is 0 Å². The lowest BCUT2D eigenvalue weighted by Gasteiger charge is -2.27. The Bertz CT molecular complexity index is 725. The van der Waals surface area contributed by atoms with Crippen LogP contribution in [0, 0.1) is 10.1 Å². The zero-order valence-electron chi connectivity index (χ0n) is 12.3. The zero-order chi connectivity index (χ0) is 15.5. The Kier molecular flexibility index (Phi) is 3.82. The molecular weight excluding hydrogens is 280 g/mol. The third kappa shape index (κ3) is 2.95. The Morgan fingerprint density at radius 2 is 1.77 bits per heavy atom. The summed E-state index contributed by atoms with van der Waals surface area (Å²) in [6, 6.07) is 12.1. The van der Waals surface area contributed by atoms with Gasteiger partial charge < -0.3 is 4.90 Å². The highest BCUT2D eigenvalue weighted by molar-refractivity contribution is 5.60. The van der Waals surface area contributed by atoms with Gasteiger partial charge in [-0.1, -0.05) is 0 Å². The van der Waals surface area contributed by atoms with Crippen LogP contribution in [-0.4, -0.2) is 18.5 Å². The second-order valence-corrected chi connectivity index (χ2v) is 5.31. The summed E-state index contributed by atoms with van der Waals surface area (Å²) in [5.74, 6) is 0. The fourth-order valence-electron chi connectivity index (χ4n) is 2.59. The second kappa shape index (κ2) is 5.93. The molecule has 3 rings (SSSR count). The quantitative estimate of drug-likeness (QED) is 0.479. The Morgan fingerprint density at radius 1 is 1.09 bits per heavy atom. The summed E-state index contributed by atoms with van der Waals surface area (Å²) in [4.78, 5) is 12.4. The third-order valence-corrected chi connectivity index (χ3v) is 3.76. The number of benzene rings is 2. The van der Waals surface area contributed by atoms with Gasteiger partial charge in [0.15, 0.2) is 0 Å². The van der Waals surface area contributed by atoms with Gasteiger partial charge in [0.1, 0.15) is 0 Å². The molecule has 0 aliphatic carbocycles. The lowest BCUT2D eigenvalue weighted by Crippen LogP contribution is -2.24. The SMILES string of the molecule is CN1CCCc2cc(N=Nc3ccc([N+](=O)[O-])cc3)ccc21. The molecule has 6 nitrogen and oxygen atoms in total. The normalized spacial score (nSPS) is 14.1. The molecule has 0 atom stereocenters. The number of fused-ring (bicyclic) bond motifs is 1. The van der Waals surface area contributed by atoms with Crippen molar-refractivity contribution < 1.29 is 4.92 Å². The lowest BCUT2D eigenvalue weighted by molar-refractivity contribution is -0.384. The van der Waals surface area contributed by atoms with E-state index in [-0.39, 0.29) is 5.69 Å². The predicted octanol–water partition coefficient (Wildman–Crippen LogP) is 4.39. The smallest absolute Gasteiger partial charge is 0.269 e. The van der Waals surface area contributed by atoms with E-state index in [1.807, 2.05) is 6.07 Å². The van der Waals surface area contributed by atoms with E-state index in [1.165, 1.54) is 23.4 Å². The summed E-state index contributed by atoms with van der Waals surface area (Å²) >= 11 is 0. The maximum Gasteiger partial charge on any atom is 0.269 e. The number of nitrogens with zero attached hydrogens (tertiary/aromatic N) is 4. The van der Waals surface area contributed by atoms with Gasteiger partial charge in [-0.25, -0.2) is 0 Å². The molecular formula is C16H16N4O2. The van der Waals surface area contributed by atoms with Gasteiger partial charge in [-0.2, -0.15) is 10.2 Å². The molecule has 0 amide bonds. The molecule has 2 aromatic carbocycles. The predicted molar refractivity (Wildman–Crippen MR) is 85.3 cm³/mol. The number of anilines is 1. The van der Waals surface area contributed by atoms with E-state index in [1.54, 1.807) is 12.1 Å². The van der Waals surface area contributed by atoms with E-state index in [0.717, 1.165) is 25.1 Å². The fraction of sp³-hybridized carbons (Fsp3) is 0.250. The molecule has 0 saturated carbocycles. The van der Waals surface area contributed by atoms with E-state index < -0.39 is 4.92 Å². The van der Waals surface area contributed by atoms with Crippen LogP contribution in [0.5, 0.6) is 0 Å². The van der Waals surface area contributed by atoms with Gasteiger partial charge in [-0.3, -0.25) is 10.1 Å². The number of hydrogen-bond donors (Lipinski definition) is 0. The van der Waals surface area contributed by atoms with Crippen LogP contribution in [0.15, 0.2) is 52.7 Å². The van der Waals surface area contributed by atoms with E-state index in [4.69, 9.17) is 0 Å². The number of nitro benzene ring substituents is 1. The van der Waals surface area contributed by atoms with Crippen LogP contribution < -0.4 is 4.90 Å². The van der Waals surface area contributed by atoms with E-state index in [2.05, 4.69) is 34.3 Å². The summed E-state index contributed by atoms with van der Waals surface area (Å²) in [6.45, 7) is 1.08. The van der Waals surface area contributed by atoms with Crippen LogP contribution >= 0.6 is 0 Å². The standard InChI is InChI=1S/C16H16N4O2/c1-19-10-2-3-12-11-14(6-9-16(12)19)18-17-13-4-7-15(8-5-13)20(21)22/h4-9,11H,2-3,10H2,1H3. The second-order valence-electron chi connectivity index (χ2n) is 5.31. The molecule has 0 aromatic heterocycles. The lowest BCUT2D eigenvalue weighted by atomic mass is 10.0. The number of nitro groups is 1. The summed E-state index contributed by atoms with van der Waals surface area (Å²) in [7, 11) is 2.09. The van der Waals surface area contributed by atoms with Crippen LogP contribution in [0.3, 0.4) is 0 Å². The number of aryl methyl sites for hydroxylation is 1. The molecule has 1 aliphatic heterocycles. The van der Waals surface area contributed by atoms with Gasteiger partial charge in [-0.05, 0) is 48.7 Å². The van der Waals surface area contributed by atoms with E-state index >= 15 is 0 Å². The molecule has 0 unspecified atom stereocenters. The maximum atomic E-state index is 10.6. The molecule has 22 heavy (non-hydrogen) atoms. The first-order chi connectivity index (χ1) is 10.6. The van der Waals surface area contributed by atoms with Crippen molar-refractivity contribution in [1.82, 2.24) is 0 Å². The first kappa shape index (κ1) is 14.2. The highest BCUT2D eigenvalue weighted by atomic mass is 16.6. The number of non-ortho nitro benzene ring substituents is 1. The zero-order valence-corrected chi connectivity index (χ0v) is 12.3. The van der Waals surface area contributed by atoms with Crippen molar-refractivity contribution in [1.29, 1.82) is 0 Å². The molecule has 0 radical (unpaired) electrons. The monoisotopic (exact) mass is 296 g/mol. The molecule has 1 heterocycles. The molecule has 0 N–H and O–H groups in total. The highest BCUT2D eigenvalue weighted by Gasteiger charge is 2.13. The first-order valence-corrected chi connectivity index (χ1v) is 7.14. The molecule has 112 valence electrons. The Balaban J connectivity index is 1.79. The largest absolute Gasteiger partial charge is 0.374 e. The molecule has 0 bridgehead atoms. The Morgan fingerprint density at radius 3 is 2.50 bits per heavy atom. The van der Waals surface area contributed by atoms with Crippen molar-refractivity contribution in [3.63, 3.8) is 0 Å². The molecule has 6 heteroatoms. The van der Waals surface area contributed by atoms with Crippen molar-refractivity contribution in [2.75, 3.05) is 18.5 Å². The fourth-order valence-corrected chi connectivity index (χ4v) is 2.59. The van der Waals surface area contributed by atoms with Crippen molar-refractivity contribution in [2.24, 2.45) is 10.2 Å². The number of hydrogen-bond acceptors (Lipinski definition) is 5. The topological polar surface area (TPSA) is 71.1 Å². The van der Waals surface area contributed by atoms with Crippen molar-refractivity contribution in [3.8, 4) is 0 Å². The van der Waals surface area contributed by atoms with Crippen molar-refractivity contribution in [3.05, 3.63) is 58.1 Å². The Hall–Kier alpha value is -2.76. The van der Waals surface area contributed by atoms with Gasteiger partial charge in [0.05, 0.1) is 16.3 Å². The number of rotatable bonds is 3. The molecule has 0 fully saturated rings. The van der Waals surface area contributed by atoms with Crippen LogP contribution in [0.2, 0.25) is 0 Å². The minimum absolute atomic E-state index is 0.0516. The average Bonchev–Trinajstić information content (AvgIpc) is 2.53.